The van der Waals surface area contributed by atoms with Crippen LogP contribution in [0.5, 0.6) is 6.01 Å². The molecule has 0 aliphatic heterocycles. The van der Waals surface area contributed by atoms with E-state index in [2.05, 4.69) is 10.1 Å². The van der Waals surface area contributed by atoms with Crippen molar-refractivity contribution in [3.05, 3.63) is 39.6 Å². The summed E-state index contributed by atoms with van der Waals surface area (Å²) >= 11 is 0. The van der Waals surface area contributed by atoms with Crippen molar-refractivity contribution in [2.24, 2.45) is 0 Å². The predicted octanol–water partition coefficient (Wildman–Crippen LogP) is 1.13. The van der Waals surface area contributed by atoms with E-state index in [4.69, 9.17) is 4.74 Å². The second-order valence-corrected chi connectivity index (χ2v) is 4.40. The highest BCUT2D eigenvalue weighted by Gasteiger charge is 2.11. The van der Waals surface area contributed by atoms with E-state index >= 15 is 0 Å². The number of hydrogen-bond acceptors (Lipinski definition) is 4. The standard InChI is InChI=1S/C13H18N4O2/c1-5-17-11(6-10(3)15-17)8-16-12(18)7-9(2)14-13(16)19-4/h6-7H,5,8H2,1-4H3. The molecule has 0 atom stereocenters. The Labute approximate surface area is 111 Å². The molecule has 0 aliphatic carbocycles. The van der Waals surface area contributed by atoms with Crippen LogP contribution in [-0.4, -0.2) is 26.4 Å². The lowest BCUT2D eigenvalue weighted by atomic mass is 10.3. The molecule has 0 bridgehead atoms. The SMILES string of the molecule is CCn1nc(C)cc1Cn1c(OC)nc(C)cc1=O. The monoisotopic (exact) mass is 262 g/mol. The highest BCUT2D eigenvalue weighted by molar-refractivity contribution is 5.13. The molecule has 0 spiro atoms. The first-order valence-corrected chi connectivity index (χ1v) is 6.21. The van der Waals surface area contributed by atoms with Crippen LogP contribution in [0, 0.1) is 13.8 Å². The molecule has 2 aromatic heterocycles. The summed E-state index contributed by atoms with van der Waals surface area (Å²) in [7, 11) is 1.51. The Bertz CT molecular complexity index is 643. The molecule has 0 unspecified atom stereocenters. The van der Waals surface area contributed by atoms with E-state index in [9.17, 15) is 4.79 Å². The highest BCUT2D eigenvalue weighted by Crippen LogP contribution is 2.10. The van der Waals surface area contributed by atoms with Crippen molar-refractivity contribution in [2.75, 3.05) is 7.11 Å². The third-order valence-corrected chi connectivity index (χ3v) is 2.89. The maximum absolute atomic E-state index is 12.0. The Morgan fingerprint density at radius 3 is 2.63 bits per heavy atom. The van der Waals surface area contributed by atoms with E-state index < -0.39 is 0 Å². The number of aryl methyl sites for hydroxylation is 3. The van der Waals surface area contributed by atoms with Crippen molar-refractivity contribution >= 4 is 0 Å². The number of methoxy groups -OCH3 is 1. The fraction of sp³-hybridized carbons (Fsp3) is 0.462. The van der Waals surface area contributed by atoms with Gasteiger partial charge in [-0.15, -0.1) is 0 Å². The third-order valence-electron chi connectivity index (χ3n) is 2.89. The van der Waals surface area contributed by atoms with Gasteiger partial charge in [0.15, 0.2) is 0 Å². The van der Waals surface area contributed by atoms with E-state index in [1.165, 1.54) is 17.7 Å². The minimum atomic E-state index is -0.120. The van der Waals surface area contributed by atoms with Gasteiger partial charge in [-0.05, 0) is 26.8 Å². The van der Waals surface area contributed by atoms with Gasteiger partial charge in [-0.1, -0.05) is 0 Å². The lowest BCUT2D eigenvalue weighted by molar-refractivity contribution is 0.347. The van der Waals surface area contributed by atoms with Crippen LogP contribution in [0.3, 0.4) is 0 Å². The quantitative estimate of drug-likeness (QED) is 0.828. The first-order valence-electron chi connectivity index (χ1n) is 6.21. The van der Waals surface area contributed by atoms with E-state index in [1.54, 1.807) is 6.92 Å². The van der Waals surface area contributed by atoms with E-state index in [-0.39, 0.29) is 5.56 Å². The van der Waals surface area contributed by atoms with Gasteiger partial charge in [-0.25, -0.2) is 4.98 Å². The minimum absolute atomic E-state index is 0.120. The molecular weight excluding hydrogens is 244 g/mol. The van der Waals surface area contributed by atoms with E-state index in [0.717, 1.165) is 17.9 Å². The number of hydrogen-bond donors (Lipinski definition) is 0. The molecule has 102 valence electrons. The zero-order valence-electron chi connectivity index (χ0n) is 11.7. The Morgan fingerprint density at radius 1 is 1.26 bits per heavy atom. The van der Waals surface area contributed by atoms with Crippen LogP contribution in [-0.2, 0) is 13.1 Å². The average Bonchev–Trinajstić information content (AvgIpc) is 2.72. The Balaban J connectivity index is 2.45. The largest absolute Gasteiger partial charge is 0.468 e. The molecule has 0 amide bonds. The summed E-state index contributed by atoms with van der Waals surface area (Å²) < 4.78 is 8.57. The fourth-order valence-electron chi connectivity index (χ4n) is 2.06. The third kappa shape index (κ3) is 2.67. The van der Waals surface area contributed by atoms with Crippen molar-refractivity contribution in [1.82, 2.24) is 19.3 Å². The van der Waals surface area contributed by atoms with Crippen LogP contribution < -0.4 is 10.3 Å². The molecule has 2 rings (SSSR count). The van der Waals surface area contributed by atoms with Crippen molar-refractivity contribution in [3.63, 3.8) is 0 Å². The number of ether oxygens (including phenoxy) is 1. The Morgan fingerprint density at radius 2 is 2.00 bits per heavy atom. The van der Waals surface area contributed by atoms with Crippen LogP contribution in [0.25, 0.3) is 0 Å². The average molecular weight is 262 g/mol. The number of nitrogens with zero attached hydrogens (tertiary/aromatic N) is 4. The molecule has 0 saturated heterocycles. The molecule has 0 aromatic carbocycles. The van der Waals surface area contributed by atoms with Crippen LogP contribution in [0.15, 0.2) is 16.9 Å². The molecule has 6 heteroatoms. The van der Waals surface area contributed by atoms with Gasteiger partial charge in [0.1, 0.15) is 0 Å². The first kappa shape index (κ1) is 13.3. The summed E-state index contributed by atoms with van der Waals surface area (Å²) in [5, 5.41) is 4.37. The fourth-order valence-corrected chi connectivity index (χ4v) is 2.06. The smallest absolute Gasteiger partial charge is 0.299 e. The molecule has 2 heterocycles. The molecular formula is C13H18N4O2. The topological polar surface area (TPSA) is 61.9 Å². The normalized spacial score (nSPS) is 10.7. The summed E-state index contributed by atoms with van der Waals surface area (Å²) in [5.74, 6) is 0. The lowest BCUT2D eigenvalue weighted by Crippen LogP contribution is -2.24. The second kappa shape index (κ2) is 5.26. The van der Waals surface area contributed by atoms with Crippen LogP contribution in [0.1, 0.15) is 24.0 Å². The molecule has 2 aromatic rings. The van der Waals surface area contributed by atoms with Gasteiger partial charge in [0.05, 0.1) is 25.0 Å². The lowest BCUT2D eigenvalue weighted by Gasteiger charge is -2.11. The molecule has 0 radical (unpaired) electrons. The van der Waals surface area contributed by atoms with Gasteiger partial charge in [0.2, 0.25) is 0 Å². The summed E-state index contributed by atoms with van der Waals surface area (Å²) in [6.45, 7) is 6.89. The van der Waals surface area contributed by atoms with E-state index in [1.807, 2.05) is 24.6 Å². The van der Waals surface area contributed by atoms with Crippen molar-refractivity contribution in [1.29, 1.82) is 0 Å². The van der Waals surface area contributed by atoms with Crippen LogP contribution in [0.2, 0.25) is 0 Å². The summed E-state index contributed by atoms with van der Waals surface area (Å²) in [4.78, 5) is 16.3. The molecule has 0 fully saturated rings. The van der Waals surface area contributed by atoms with Crippen LogP contribution in [0.4, 0.5) is 0 Å². The molecule has 0 N–H and O–H groups in total. The zero-order chi connectivity index (χ0) is 14.0. The molecule has 0 aliphatic rings. The minimum Gasteiger partial charge on any atom is -0.468 e. The summed E-state index contributed by atoms with van der Waals surface area (Å²) in [6.07, 6.45) is 0. The summed E-state index contributed by atoms with van der Waals surface area (Å²) in [6, 6.07) is 3.79. The van der Waals surface area contributed by atoms with Gasteiger partial charge >= 0.3 is 0 Å². The molecule has 0 saturated carbocycles. The predicted molar refractivity (Wildman–Crippen MR) is 71.5 cm³/mol. The maximum atomic E-state index is 12.0. The van der Waals surface area contributed by atoms with E-state index in [0.29, 0.717) is 18.2 Å². The van der Waals surface area contributed by atoms with Gasteiger partial charge < -0.3 is 4.74 Å². The highest BCUT2D eigenvalue weighted by atomic mass is 16.5. The number of aromatic nitrogens is 4. The van der Waals surface area contributed by atoms with Gasteiger partial charge in [-0.3, -0.25) is 14.0 Å². The molecule has 19 heavy (non-hydrogen) atoms. The summed E-state index contributed by atoms with van der Waals surface area (Å²) in [5.41, 5.74) is 2.43. The Hall–Kier alpha value is -2.11. The van der Waals surface area contributed by atoms with Crippen molar-refractivity contribution in [2.45, 2.75) is 33.9 Å². The van der Waals surface area contributed by atoms with Crippen molar-refractivity contribution in [3.8, 4) is 6.01 Å². The Kier molecular flexibility index (Phi) is 3.69. The van der Waals surface area contributed by atoms with Crippen LogP contribution >= 0.6 is 0 Å². The zero-order valence-corrected chi connectivity index (χ0v) is 11.7. The number of rotatable bonds is 4. The first-order chi connectivity index (χ1) is 9.05. The van der Waals surface area contributed by atoms with Crippen molar-refractivity contribution < 1.29 is 4.74 Å². The van der Waals surface area contributed by atoms with Gasteiger partial charge in [-0.2, -0.15) is 5.10 Å². The second-order valence-electron chi connectivity index (χ2n) is 4.40. The van der Waals surface area contributed by atoms with Gasteiger partial charge in [0, 0.05) is 18.3 Å². The molecule has 6 nitrogen and oxygen atoms in total. The maximum Gasteiger partial charge on any atom is 0.299 e. The van der Waals surface area contributed by atoms with Gasteiger partial charge in [0.25, 0.3) is 11.6 Å².